The summed E-state index contributed by atoms with van der Waals surface area (Å²) in [6, 6.07) is 0.257. The van der Waals surface area contributed by atoms with Gasteiger partial charge in [-0.15, -0.1) is 0 Å². The molecule has 0 spiro atoms. The van der Waals surface area contributed by atoms with Gasteiger partial charge in [0, 0.05) is 19.1 Å². The van der Waals surface area contributed by atoms with E-state index in [4.69, 9.17) is 4.74 Å². The van der Waals surface area contributed by atoms with Crippen molar-refractivity contribution in [3.05, 3.63) is 0 Å². The molecule has 0 amide bonds. The maximum absolute atomic E-state index is 12.2. The van der Waals surface area contributed by atoms with Gasteiger partial charge in [-0.05, 0) is 32.2 Å². The predicted molar refractivity (Wildman–Crippen MR) is 80.9 cm³/mol. The summed E-state index contributed by atoms with van der Waals surface area (Å²) in [6.07, 6.45) is 3.46. The molecule has 1 N–H and O–H groups in total. The lowest BCUT2D eigenvalue weighted by molar-refractivity contribution is -0.151. The molecular weight excluding hydrogens is 292 g/mol. The molecule has 1 saturated heterocycles. The first-order chi connectivity index (χ1) is 9.92. The van der Waals surface area contributed by atoms with Gasteiger partial charge in [0.05, 0.1) is 18.6 Å². The highest BCUT2D eigenvalue weighted by atomic mass is 32.2. The number of sulfone groups is 1. The second-order valence-corrected chi connectivity index (χ2v) is 8.35. The van der Waals surface area contributed by atoms with Crippen LogP contribution in [0.1, 0.15) is 32.6 Å². The van der Waals surface area contributed by atoms with Crippen molar-refractivity contribution in [2.45, 2.75) is 44.2 Å². The van der Waals surface area contributed by atoms with Gasteiger partial charge in [0.1, 0.15) is 5.54 Å². The van der Waals surface area contributed by atoms with E-state index in [0.717, 1.165) is 25.8 Å². The highest BCUT2D eigenvalue weighted by molar-refractivity contribution is 7.91. The molecule has 2 aliphatic rings. The largest absolute Gasteiger partial charge is 0.468 e. The zero-order chi connectivity index (χ0) is 15.5. The summed E-state index contributed by atoms with van der Waals surface area (Å²) in [5, 5.41) is 3.31. The normalized spacial score (nSPS) is 33.5. The van der Waals surface area contributed by atoms with Gasteiger partial charge in [0.25, 0.3) is 0 Å². The Kier molecular flexibility index (Phi) is 5.27. The summed E-state index contributed by atoms with van der Waals surface area (Å²) in [4.78, 5) is 14.4. The SMILES string of the molecule is CCNC1(C(=O)OC)CCCC(N2CCS(=O)(=O)CC2)C1. The highest BCUT2D eigenvalue weighted by Gasteiger charge is 2.45. The lowest BCUT2D eigenvalue weighted by Crippen LogP contribution is -2.60. The van der Waals surface area contributed by atoms with Crippen molar-refractivity contribution in [3.8, 4) is 0 Å². The number of rotatable bonds is 4. The Morgan fingerprint density at radius 3 is 2.62 bits per heavy atom. The van der Waals surface area contributed by atoms with E-state index < -0.39 is 15.4 Å². The van der Waals surface area contributed by atoms with Crippen molar-refractivity contribution in [3.63, 3.8) is 0 Å². The number of hydrogen-bond acceptors (Lipinski definition) is 6. The molecule has 1 saturated carbocycles. The lowest BCUT2D eigenvalue weighted by Gasteiger charge is -2.44. The van der Waals surface area contributed by atoms with Crippen molar-refractivity contribution in [2.24, 2.45) is 0 Å². The number of ether oxygens (including phenoxy) is 1. The van der Waals surface area contributed by atoms with Crippen molar-refractivity contribution in [1.29, 1.82) is 0 Å². The van der Waals surface area contributed by atoms with Crippen LogP contribution in [0.25, 0.3) is 0 Å². The number of likely N-dealkylation sites (N-methyl/N-ethyl adjacent to an activating group) is 1. The molecule has 2 rings (SSSR count). The van der Waals surface area contributed by atoms with Crippen LogP contribution in [-0.4, -0.2) is 69.1 Å². The van der Waals surface area contributed by atoms with Crippen LogP contribution in [0.15, 0.2) is 0 Å². The summed E-state index contributed by atoms with van der Waals surface area (Å²) in [6.45, 7) is 3.87. The molecule has 1 aliphatic heterocycles. The molecule has 0 radical (unpaired) electrons. The first-order valence-corrected chi connectivity index (χ1v) is 9.52. The van der Waals surface area contributed by atoms with Crippen LogP contribution in [0, 0.1) is 0 Å². The van der Waals surface area contributed by atoms with Crippen LogP contribution >= 0.6 is 0 Å². The van der Waals surface area contributed by atoms with Gasteiger partial charge < -0.3 is 10.1 Å². The van der Waals surface area contributed by atoms with E-state index in [1.54, 1.807) is 0 Å². The summed E-state index contributed by atoms with van der Waals surface area (Å²) in [5.74, 6) is 0.268. The van der Waals surface area contributed by atoms with Gasteiger partial charge in [-0.2, -0.15) is 0 Å². The molecule has 0 aromatic rings. The molecule has 0 bridgehead atoms. The molecule has 122 valence electrons. The minimum absolute atomic E-state index is 0.196. The first-order valence-electron chi connectivity index (χ1n) is 7.70. The van der Waals surface area contributed by atoms with Crippen LogP contribution in [0.3, 0.4) is 0 Å². The monoisotopic (exact) mass is 318 g/mol. The van der Waals surface area contributed by atoms with Crippen molar-refractivity contribution < 1.29 is 17.9 Å². The number of carbonyl (C=O) groups excluding carboxylic acids is 1. The first kappa shape index (κ1) is 16.7. The lowest BCUT2D eigenvalue weighted by atomic mass is 9.78. The van der Waals surface area contributed by atoms with E-state index in [1.807, 2.05) is 6.92 Å². The van der Waals surface area contributed by atoms with Crippen LogP contribution in [0.5, 0.6) is 0 Å². The maximum atomic E-state index is 12.2. The minimum atomic E-state index is -2.86. The molecule has 0 aromatic heterocycles. The fraction of sp³-hybridized carbons (Fsp3) is 0.929. The van der Waals surface area contributed by atoms with Gasteiger partial charge in [-0.25, -0.2) is 8.42 Å². The average Bonchev–Trinajstić information content (AvgIpc) is 2.47. The Balaban J connectivity index is 2.07. The number of esters is 1. The number of methoxy groups -OCH3 is 1. The quantitative estimate of drug-likeness (QED) is 0.745. The van der Waals surface area contributed by atoms with E-state index in [-0.39, 0.29) is 23.5 Å². The van der Waals surface area contributed by atoms with E-state index >= 15 is 0 Å². The second kappa shape index (κ2) is 6.62. The number of nitrogens with one attached hydrogen (secondary N) is 1. The molecule has 6 nitrogen and oxygen atoms in total. The average molecular weight is 318 g/mol. The standard InChI is InChI=1S/C14H26N2O4S/c1-3-15-14(13(17)20-2)6-4-5-12(11-14)16-7-9-21(18,19)10-8-16/h12,15H,3-11H2,1-2H3. The van der Waals surface area contributed by atoms with Crippen molar-refractivity contribution in [1.82, 2.24) is 10.2 Å². The van der Waals surface area contributed by atoms with Gasteiger partial charge in [-0.1, -0.05) is 6.92 Å². The van der Waals surface area contributed by atoms with Crippen LogP contribution in [-0.2, 0) is 19.4 Å². The fourth-order valence-electron chi connectivity index (χ4n) is 3.60. The topological polar surface area (TPSA) is 75.7 Å². The predicted octanol–water partition coefficient (Wildman–Crippen LogP) is 0.181. The van der Waals surface area contributed by atoms with Crippen LogP contribution in [0.2, 0.25) is 0 Å². The van der Waals surface area contributed by atoms with E-state index in [2.05, 4.69) is 10.2 Å². The Morgan fingerprint density at radius 1 is 1.38 bits per heavy atom. The van der Waals surface area contributed by atoms with Gasteiger partial charge in [0.15, 0.2) is 9.84 Å². The summed E-state index contributed by atoms with van der Waals surface area (Å²) >= 11 is 0. The summed E-state index contributed by atoms with van der Waals surface area (Å²) in [7, 11) is -1.43. The van der Waals surface area contributed by atoms with Crippen molar-refractivity contribution in [2.75, 3.05) is 38.2 Å². The van der Waals surface area contributed by atoms with Gasteiger partial charge in [-0.3, -0.25) is 9.69 Å². The van der Waals surface area contributed by atoms with Gasteiger partial charge >= 0.3 is 5.97 Å². The van der Waals surface area contributed by atoms with E-state index in [1.165, 1.54) is 7.11 Å². The van der Waals surface area contributed by atoms with E-state index in [0.29, 0.717) is 19.5 Å². The molecule has 21 heavy (non-hydrogen) atoms. The highest BCUT2D eigenvalue weighted by Crippen LogP contribution is 2.33. The Hall–Kier alpha value is -0.660. The second-order valence-electron chi connectivity index (χ2n) is 6.04. The third-order valence-corrected chi connectivity index (χ3v) is 6.32. The van der Waals surface area contributed by atoms with Crippen molar-refractivity contribution >= 4 is 15.8 Å². The Labute approximate surface area is 127 Å². The Bertz CT molecular complexity index is 461. The molecule has 7 heteroatoms. The molecule has 0 aromatic carbocycles. The maximum Gasteiger partial charge on any atom is 0.326 e. The summed E-state index contributed by atoms with van der Waals surface area (Å²) in [5.41, 5.74) is -0.608. The van der Waals surface area contributed by atoms with Gasteiger partial charge in [0.2, 0.25) is 0 Å². The molecule has 1 aliphatic carbocycles. The smallest absolute Gasteiger partial charge is 0.326 e. The number of hydrogen-bond donors (Lipinski definition) is 1. The Morgan fingerprint density at radius 2 is 2.05 bits per heavy atom. The zero-order valence-electron chi connectivity index (χ0n) is 12.9. The molecule has 1 heterocycles. The molecular formula is C14H26N2O4S. The number of nitrogens with zero attached hydrogens (tertiary/aromatic N) is 1. The molecule has 2 atom stereocenters. The fourth-order valence-corrected chi connectivity index (χ4v) is 4.83. The zero-order valence-corrected chi connectivity index (χ0v) is 13.7. The van der Waals surface area contributed by atoms with E-state index in [9.17, 15) is 13.2 Å². The van der Waals surface area contributed by atoms with Crippen LogP contribution < -0.4 is 5.32 Å². The minimum Gasteiger partial charge on any atom is -0.468 e. The molecule has 2 unspecified atom stereocenters. The third kappa shape index (κ3) is 3.76. The third-order valence-electron chi connectivity index (χ3n) is 4.71. The van der Waals surface area contributed by atoms with Crippen LogP contribution in [0.4, 0.5) is 0 Å². The number of carbonyl (C=O) groups is 1. The summed E-state index contributed by atoms with van der Waals surface area (Å²) < 4.78 is 28.1. The molecule has 2 fully saturated rings.